The van der Waals surface area contributed by atoms with Crippen LogP contribution in [0.25, 0.3) is 10.2 Å². The van der Waals surface area contributed by atoms with Gasteiger partial charge in [0.2, 0.25) is 0 Å². The van der Waals surface area contributed by atoms with E-state index in [4.69, 9.17) is 10.5 Å². The van der Waals surface area contributed by atoms with Crippen molar-refractivity contribution in [3.63, 3.8) is 0 Å². The second-order valence-electron chi connectivity index (χ2n) is 4.21. The second kappa shape index (κ2) is 5.75. The lowest BCUT2D eigenvalue weighted by atomic mass is 10.3. The number of nitrogens with one attached hydrogen (secondary N) is 1. The van der Waals surface area contributed by atoms with Crippen LogP contribution in [0.4, 0.5) is 11.5 Å². The van der Waals surface area contributed by atoms with Crippen molar-refractivity contribution in [1.82, 2.24) is 9.97 Å². The molecule has 0 radical (unpaired) electrons. The number of hydrogen-bond acceptors (Lipinski definition) is 6. The van der Waals surface area contributed by atoms with Gasteiger partial charge in [0.15, 0.2) is 0 Å². The van der Waals surface area contributed by atoms with Gasteiger partial charge in [-0.05, 0) is 23.6 Å². The van der Waals surface area contributed by atoms with Crippen molar-refractivity contribution >= 4 is 33.1 Å². The molecule has 0 aliphatic heterocycles. The summed E-state index contributed by atoms with van der Waals surface area (Å²) >= 11 is 1.60. The van der Waals surface area contributed by atoms with Crippen LogP contribution in [0.2, 0.25) is 0 Å². The van der Waals surface area contributed by atoms with Crippen molar-refractivity contribution in [2.45, 2.75) is 0 Å². The Morgan fingerprint density at radius 2 is 2.20 bits per heavy atom. The van der Waals surface area contributed by atoms with Gasteiger partial charge in [0.05, 0.1) is 11.9 Å². The Balaban J connectivity index is 1.56. The molecular formula is C14H14N4OS. The summed E-state index contributed by atoms with van der Waals surface area (Å²) in [6.45, 7) is 1.20. The fourth-order valence-corrected chi connectivity index (χ4v) is 2.61. The minimum Gasteiger partial charge on any atom is -0.492 e. The maximum Gasteiger partial charge on any atom is 0.138 e. The van der Waals surface area contributed by atoms with Crippen molar-refractivity contribution in [3.8, 4) is 5.75 Å². The molecule has 0 atom stereocenters. The minimum atomic E-state index is 0.541. The highest BCUT2D eigenvalue weighted by Gasteiger charge is 2.03. The summed E-state index contributed by atoms with van der Waals surface area (Å²) in [4.78, 5) is 9.44. The molecule has 5 nitrogen and oxygen atoms in total. The first-order valence-electron chi connectivity index (χ1n) is 6.23. The minimum absolute atomic E-state index is 0.541. The van der Waals surface area contributed by atoms with Crippen LogP contribution in [0, 0.1) is 0 Å². The molecule has 3 N–H and O–H groups in total. The lowest BCUT2D eigenvalue weighted by molar-refractivity contribution is 0.333. The van der Waals surface area contributed by atoms with Gasteiger partial charge in [-0.25, -0.2) is 9.97 Å². The normalized spacial score (nSPS) is 10.6. The molecule has 0 aliphatic rings. The van der Waals surface area contributed by atoms with E-state index in [1.165, 1.54) is 0 Å². The van der Waals surface area contributed by atoms with Crippen molar-refractivity contribution in [2.24, 2.45) is 0 Å². The van der Waals surface area contributed by atoms with Gasteiger partial charge in [-0.2, -0.15) is 0 Å². The zero-order valence-corrected chi connectivity index (χ0v) is 11.6. The average molecular weight is 286 g/mol. The van der Waals surface area contributed by atoms with E-state index >= 15 is 0 Å². The standard InChI is InChI=1S/C14H14N4OS/c15-10-2-1-3-11(8-10)19-6-5-16-13-12-4-7-20-14(12)18-9-17-13/h1-4,7-9H,5-6,15H2,(H,16,17,18). The van der Waals surface area contributed by atoms with Crippen LogP contribution in [0.1, 0.15) is 0 Å². The van der Waals surface area contributed by atoms with Crippen LogP contribution in [-0.2, 0) is 0 Å². The zero-order chi connectivity index (χ0) is 13.8. The summed E-state index contributed by atoms with van der Waals surface area (Å²) < 4.78 is 5.62. The molecular weight excluding hydrogens is 272 g/mol. The van der Waals surface area contributed by atoms with E-state index in [9.17, 15) is 0 Å². The van der Waals surface area contributed by atoms with Crippen LogP contribution in [0.15, 0.2) is 42.0 Å². The summed E-state index contributed by atoms with van der Waals surface area (Å²) in [6, 6.07) is 9.41. The Morgan fingerprint density at radius 3 is 3.10 bits per heavy atom. The van der Waals surface area contributed by atoms with Gasteiger partial charge >= 0.3 is 0 Å². The highest BCUT2D eigenvalue weighted by molar-refractivity contribution is 7.16. The molecule has 3 rings (SSSR count). The number of hydrogen-bond donors (Lipinski definition) is 2. The van der Waals surface area contributed by atoms with Crippen LogP contribution in [0.5, 0.6) is 5.75 Å². The molecule has 0 aliphatic carbocycles. The second-order valence-corrected chi connectivity index (χ2v) is 5.10. The Morgan fingerprint density at radius 1 is 1.25 bits per heavy atom. The molecule has 0 amide bonds. The van der Waals surface area contributed by atoms with E-state index in [-0.39, 0.29) is 0 Å². The number of anilines is 2. The SMILES string of the molecule is Nc1cccc(OCCNc2ncnc3sccc23)c1. The molecule has 0 saturated heterocycles. The Labute approximate surface area is 120 Å². The number of ether oxygens (including phenoxy) is 1. The number of nitrogens with two attached hydrogens (primary N) is 1. The third-order valence-electron chi connectivity index (χ3n) is 2.78. The lowest BCUT2D eigenvalue weighted by Gasteiger charge is -2.08. The molecule has 0 spiro atoms. The van der Waals surface area contributed by atoms with Gasteiger partial charge in [0.25, 0.3) is 0 Å². The average Bonchev–Trinajstić information content (AvgIpc) is 2.93. The lowest BCUT2D eigenvalue weighted by Crippen LogP contribution is -2.12. The molecule has 20 heavy (non-hydrogen) atoms. The zero-order valence-electron chi connectivity index (χ0n) is 10.7. The first-order valence-corrected chi connectivity index (χ1v) is 7.11. The van der Waals surface area contributed by atoms with Crippen molar-refractivity contribution in [3.05, 3.63) is 42.0 Å². The molecule has 2 aromatic heterocycles. The summed E-state index contributed by atoms with van der Waals surface area (Å²) in [6.07, 6.45) is 1.57. The molecule has 0 unspecified atom stereocenters. The molecule has 6 heteroatoms. The number of fused-ring (bicyclic) bond motifs is 1. The van der Waals surface area contributed by atoms with Crippen LogP contribution in [-0.4, -0.2) is 23.1 Å². The topological polar surface area (TPSA) is 73.1 Å². The third-order valence-corrected chi connectivity index (χ3v) is 3.60. The first kappa shape index (κ1) is 12.7. The third kappa shape index (κ3) is 2.80. The molecule has 102 valence electrons. The van der Waals surface area contributed by atoms with E-state index in [2.05, 4.69) is 15.3 Å². The molecule has 0 fully saturated rings. The largest absolute Gasteiger partial charge is 0.492 e. The van der Waals surface area contributed by atoms with E-state index in [0.29, 0.717) is 18.8 Å². The van der Waals surface area contributed by atoms with E-state index < -0.39 is 0 Å². The van der Waals surface area contributed by atoms with Crippen molar-refractivity contribution in [2.75, 3.05) is 24.2 Å². The van der Waals surface area contributed by atoms with Crippen LogP contribution < -0.4 is 15.8 Å². The number of rotatable bonds is 5. The number of nitrogen functional groups attached to an aromatic ring is 1. The highest BCUT2D eigenvalue weighted by atomic mass is 32.1. The van der Waals surface area contributed by atoms with Crippen molar-refractivity contribution < 1.29 is 4.74 Å². The molecule has 3 aromatic rings. The molecule has 2 heterocycles. The summed E-state index contributed by atoms with van der Waals surface area (Å²) in [7, 11) is 0. The summed E-state index contributed by atoms with van der Waals surface area (Å²) in [5.41, 5.74) is 6.39. The van der Waals surface area contributed by atoms with E-state index in [0.717, 1.165) is 21.8 Å². The maximum absolute atomic E-state index is 5.69. The summed E-state index contributed by atoms with van der Waals surface area (Å²) in [5, 5.41) is 6.31. The molecule has 0 saturated carbocycles. The summed E-state index contributed by atoms with van der Waals surface area (Å²) in [5.74, 6) is 1.61. The first-order chi connectivity index (χ1) is 9.83. The van der Waals surface area contributed by atoms with E-state index in [1.807, 2.05) is 35.7 Å². The van der Waals surface area contributed by atoms with Gasteiger partial charge in [-0.3, -0.25) is 0 Å². The van der Waals surface area contributed by atoms with Gasteiger partial charge in [0, 0.05) is 11.8 Å². The van der Waals surface area contributed by atoms with E-state index in [1.54, 1.807) is 17.7 Å². The fourth-order valence-electron chi connectivity index (χ4n) is 1.87. The Bertz CT molecular complexity index is 713. The quantitative estimate of drug-likeness (QED) is 0.557. The predicted octanol–water partition coefficient (Wildman–Crippen LogP) is 2.76. The van der Waals surface area contributed by atoms with Gasteiger partial charge < -0.3 is 15.8 Å². The van der Waals surface area contributed by atoms with Gasteiger partial charge in [-0.15, -0.1) is 11.3 Å². The number of benzene rings is 1. The maximum atomic E-state index is 5.69. The Kier molecular flexibility index (Phi) is 3.64. The monoisotopic (exact) mass is 286 g/mol. The number of thiophene rings is 1. The molecule has 1 aromatic carbocycles. The van der Waals surface area contributed by atoms with Crippen molar-refractivity contribution in [1.29, 1.82) is 0 Å². The fraction of sp³-hybridized carbons (Fsp3) is 0.143. The highest BCUT2D eigenvalue weighted by Crippen LogP contribution is 2.23. The smallest absolute Gasteiger partial charge is 0.138 e. The van der Waals surface area contributed by atoms with Gasteiger partial charge in [0.1, 0.15) is 29.3 Å². The predicted molar refractivity (Wildman–Crippen MR) is 82.3 cm³/mol. The number of aromatic nitrogens is 2. The Hall–Kier alpha value is -2.34. The molecule has 0 bridgehead atoms. The van der Waals surface area contributed by atoms with Crippen LogP contribution in [0.3, 0.4) is 0 Å². The van der Waals surface area contributed by atoms with Crippen LogP contribution >= 0.6 is 11.3 Å². The van der Waals surface area contributed by atoms with Gasteiger partial charge in [-0.1, -0.05) is 6.07 Å². The number of nitrogens with zero attached hydrogens (tertiary/aromatic N) is 2.